The van der Waals surface area contributed by atoms with Crippen LogP contribution in [0, 0.1) is 10.1 Å². The first kappa shape index (κ1) is 16.9. The van der Waals surface area contributed by atoms with Crippen molar-refractivity contribution in [1.82, 2.24) is 10.2 Å². The van der Waals surface area contributed by atoms with Crippen molar-refractivity contribution < 1.29 is 4.92 Å². The molecule has 0 spiro atoms. The minimum Gasteiger partial charge on any atom is -0.258 e. The van der Waals surface area contributed by atoms with Gasteiger partial charge in [0.05, 0.1) is 10.6 Å². The Bertz CT molecular complexity index is 881. The van der Waals surface area contributed by atoms with Gasteiger partial charge in [0.2, 0.25) is 0 Å². The van der Waals surface area contributed by atoms with Crippen molar-refractivity contribution in [1.29, 1.82) is 0 Å². The van der Waals surface area contributed by atoms with Crippen molar-refractivity contribution in [3.8, 4) is 11.3 Å². The molecule has 0 aliphatic carbocycles. The van der Waals surface area contributed by atoms with Crippen LogP contribution in [-0.2, 0) is 0 Å². The average Bonchev–Trinajstić information content (AvgIpc) is 2.67. The van der Waals surface area contributed by atoms with Crippen molar-refractivity contribution in [3.05, 3.63) is 88.5 Å². The van der Waals surface area contributed by atoms with Gasteiger partial charge in [-0.3, -0.25) is 10.1 Å². The van der Waals surface area contributed by atoms with E-state index in [1.165, 1.54) is 12.1 Å². The van der Waals surface area contributed by atoms with E-state index >= 15 is 0 Å². The zero-order chi connectivity index (χ0) is 17.5. The predicted molar refractivity (Wildman–Crippen MR) is 100 cm³/mol. The summed E-state index contributed by atoms with van der Waals surface area (Å²) in [5.41, 5.74) is 2.51. The summed E-state index contributed by atoms with van der Waals surface area (Å²) in [5, 5.41) is 20.0. The van der Waals surface area contributed by atoms with Crippen LogP contribution in [0.25, 0.3) is 17.3 Å². The molecule has 0 fully saturated rings. The van der Waals surface area contributed by atoms with Gasteiger partial charge in [-0.25, -0.2) is 0 Å². The van der Waals surface area contributed by atoms with Crippen LogP contribution in [0.4, 0.5) is 5.69 Å². The highest BCUT2D eigenvalue weighted by Gasteiger charge is 2.08. The van der Waals surface area contributed by atoms with Crippen LogP contribution in [0.1, 0.15) is 5.56 Å². The summed E-state index contributed by atoms with van der Waals surface area (Å²) in [4.78, 5) is 10.4. The van der Waals surface area contributed by atoms with Crippen LogP contribution in [-0.4, -0.2) is 20.9 Å². The van der Waals surface area contributed by atoms with Crippen molar-refractivity contribution in [2.45, 2.75) is 5.03 Å². The molecule has 124 valence electrons. The summed E-state index contributed by atoms with van der Waals surface area (Å²) in [6.07, 6.45) is 4.15. The maximum atomic E-state index is 10.8. The fourth-order valence-electron chi connectivity index (χ4n) is 2.21. The number of hydrogen-bond donors (Lipinski definition) is 0. The first-order chi connectivity index (χ1) is 12.2. The molecule has 2 aromatic carbocycles. The fourth-order valence-corrected chi connectivity index (χ4v) is 2.84. The van der Waals surface area contributed by atoms with Gasteiger partial charge in [0.1, 0.15) is 5.03 Å². The predicted octanol–water partition coefficient (Wildman–Crippen LogP) is 4.86. The molecule has 0 aliphatic rings. The van der Waals surface area contributed by atoms with Gasteiger partial charge in [0.25, 0.3) is 5.69 Å². The summed E-state index contributed by atoms with van der Waals surface area (Å²) in [6, 6.07) is 20.2. The molecule has 5 nitrogen and oxygen atoms in total. The Morgan fingerprint density at radius 2 is 1.84 bits per heavy atom. The number of rotatable bonds is 6. The number of aromatic nitrogens is 2. The van der Waals surface area contributed by atoms with Crippen LogP contribution >= 0.6 is 11.8 Å². The molecule has 1 heterocycles. The number of thioether (sulfide) groups is 1. The second-order valence-corrected chi connectivity index (χ2v) is 6.23. The Hall–Kier alpha value is -2.99. The third kappa shape index (κ3) is 4.74. The molecule has 0 bridgehead atoms. The van der Waals surface area contributed by atoms with Crippen molar-refractivity contribution >= 4 is 23.5 Å². The molecule has 6 heteroatoms. The zero-order valence-electron chi connectivity index (χ0n) is 13.3. The van der Waals surface area contributed by atoms with E-state index in [0.717, 1.165) is 16.3 Å². The summed E-state index contributed by atoms with van der Waals surface area (Å²) in [7, 11) is 0. The maximum Gasteiger partial charge on any atom is 0.270 e. The molecular weight excluding hydrogens is 334 g/mol. The molecule has 3 rings (SSSR count). The van der Waals surface area contributed by atoms with Crippen LogP contribution in [0.5, 0.6) is 0 Å². The average molecular weight is 349 g/mol. The highest BCUT2D eigenvalue weighted by Crippen LogP contribution is 2.23. The number of nitro groups is 1. The highest BCUT2D eigenvalue weighted by atomic mass is 32.2. The third-order valence-corrected chi connectivity index (χ3v) is 4.30. The first-order valence-corrected chi connectivity index (χ1v) is 8.64. The lowest BCUT2D eigenvalue weighted by molar-refractivity contribution is -0.384. The molecule has 0 saturated heterocycles. The molecule has 0 unspecified atom stereocenters. The summed E-state index contributed by atoms with van der Waals surface area (Å²) in [5.74, 6) is 0.791. The van der Waals surface area contributed by atoms with Crippen molar-refractivity contribution in [3.63, 3.8) is 0 Å². The lowest BCUT2D eigenvalue weighted by Crippen LogP contribution is -1.92. The minimum atomic E-state index is -0.416. The van der Waals surface area contributed by atoms with E-state index in [2.05, 4.69) is 34.5 Å². The van der Waals surface area contributed by atoms with Gasteiger partial charge in [0, 0.05) is 23.4 Å². The molecule has 25 heavy (non-hydrogen) atoms. The van der Waals surface area contributed by atoms with Crippen LogP contribution in [0.3, 0.4) is 0 Å². The van der Waals surface area contributed by atoms with Gasteiger partial charge in [-0.05, 0) is 17.7 Å². The first-order valence-electron chi connectivity index (χ1n) is 7.65. The lowest BCUT2D eigenvalue weighted by Gasteiger charge is -2.01. The Kier molecular flexibility index (Phi) is 5.53. The number of non-ortho nitro benzene ring substituents is 1. The van der Waals surface area contributed by atoms with E-state index in [1.807, 2.05) is 30.3 Å². The molecule has 3 aromatic rings. The van der Waals surface area contributed by atoms with E-state index in [-0.39, 0.29) is 5.69 Å². The molecule has 1 aromatic heterocycles. The number of nitro benzene ring substituents is 1. The molecule has 0 radical (unpaired) electrons. The highest BCUT2D eigenvalue weighted by molar-refractivity contribution is 7.99. The van der Waals surface area contributed by atoms with Crippen LogP contribution in [0.15, 0.2) is 77.8 Å². The van der Waals surface area contributed by atoms with Gasteiger partial charge >= 0.3 is 0 Å². The maximum absolute atomic E-state index is 10.8. The molecule has 0 saturated carbocycles. The Balaban J connectivity index is 1.61. The summed E-state index contributed by atoms with van der Waals surface area (Å²) >= 11 is 1.58. The fraction of sp³-hybridized carbons (Fsp3) is 0.0526. The zero-order valence-corrected chi connectivity index (χ0v) is 14.1. The number of hydrogen-bond acceptors (Lipinski definition) is 5. The lowest BCUT2D eigenvalue weighted by atomic mass is 10.1. The van der Waals surface area contributed by atoms with Gasteiger partial charge in [-0.1, -0.05) is 54.6 Å². The van der Waals surface area contributed by atoms with Crippen molar-refractivity contribution in [2.75, 3.05) is 5.75 Å². The van der Waals surface area contributed by atoms with Gasteiger partial charge in [-0.15, -0.1) is 22.0 Å². The van der Waals surface area contributed by atoms with Crippen molar-refractivity contribution in [2.24, 2.45) is 0 Å². The molecule has 0 atom stereocenters. The second kappa shape index (κ2) is 8.21. The third-order valence-electron chi connectivity index (χ3n) is 3.43. The van der Waals surface area contributed by atoms with E-state index in [1.54, 1.807) is 23.9 Å². The van der Waals surface area contributed by atoms with Crippen LogP contribution < -0.4 is 0 Å². The van der Waals surface area contributed by atoms with E-state index in [4.69, 9.17) is 0 Å². The van der Waals surface area contributed by atoms with Gasteiger partial charge in [-0.2, -0.15) is 0 Å². The normalized spacial score (nSPS) is 10.9. The number of benzene rings is 2. The Morgan fingerprint density at radius 3 is 2.56 bits per heavy atom. The Labute approximate surface area is 149 Å². The summed E-state index contributed by atoms with van der Waals surface area (Å²) < 4.78 is 0. The topological polar surface area (TPSA) is 68.9 Å². The smallest absolute Gasteiger partial charge is 0.258 e. The minimum absolute atomic E-state index is 0.0452. The largest absolute Gasteiger partial charge is 0.270 e. The van der Waals surface area contributed by atoms with Gasteiger partial charge in [0.15, 0.2) is 0 Å². The summed E-state index contributed by atoms with van der Waals surface area (Å²) in [6.45, 7) is 0. The molecule has 0 amide bonds. The standard InChI is InChI=1S/C19H15N3O2S/c23-22(24)17-10-4-9-16(14-17)18-11-12-19(21-20-18)25-13-5-8-15-6-2-1-3-7-15/h1-12,14H,13H2/b8-5+. The Morgan fingerprint density at radius 1 is 1.00 bits per heavy atom. The monoisotopic (exact) mass is 349 g/mol. The number of nitrogens with zero attached hydrogens (tertiary/aromatic N) is 3. The second-order valence-electron chi connectivity index (χ2n) is 5.19. The molecule has 0 N–H and O–H groups in total. The van der Waals surface area contributed by atoms with Gasteiger partial charge < -0.3 is 0 Å². The quantitative estimate of drug-likeness (QED) is 0.361. The van der Waals surface area contributed by atoms with E-state index in [0.29, 0.717) is 11.3 Å². The molecular formula is C19H15N3O2S. The van der Waals surface area contributed by atoms with E-state index < -0.39 is 4.92 Å². The van der Waals surface area contributed by atoms with E-state index in [9.17, 15) is 10.1 Å². The molecule has 0 aliphatic heterocycles. The van der Waals surface area contributed by atoms with Crippen LogP contribution in [0.2, 0.25) is 0 Å². The SMILES string of the molecule is O=[N+]([O-])c1cccc(-c2ccc(SC/C=C/c3ccccc3)nn2)c1.